The van der Waals surface area contributed by atoms with Gasteiger partial charge in [0.25, 0.3) is 0 Å². The van der Waals surface area contributed by atoms with Gasteiger partial charge in [-0.05, 0) is 12.1 Å². The lowest BCUT2D eigenvalue weighted by atomic mass is 10.3. The lowest BCUT2D eigenvalue weighted by Crippen LogP contribution is -2.18. The van der Waals surface area contributed by atoms with Crippen molar-refractivity contribution in [2.75, 3.05) is 6.61 Å². The Morgan fingerprint density at radius 2 is 1.82 bits per heavy atom. The van der Waals surface area contributed by atoms with E-state index in [9.17, 15) is 18.0 Å². The average molecular weight is 249 g/mol. The number of rotatable bonds is 5. The fraction of sp³-hybridized carbons (Fsp3) is 0.300. The highest BCUT2D eigenvalue weighted by atomic mass is 19.4. The van der Waals surface area contributed by atoms with Gasteiger partial charge in [0.05, 0.1) is 13.0 Å². The Morgan fingerprint density at radius 1 is 1.24 bits per heavy atom. The second-order valence-corrected chi connectivity index (χ2v) is 3.06. The van der Waals surface area contributed by atoms with Gasteiger partial charge in [0.15, 0.2) is 11.5 Å². The summed E-state index contributed by atoms with van der Waals surface area (Å²) in [5, 5.41) is 0. The average Bonchev–Trinajstić information content (AvgIpc) is 2.17. The first-order chi connectivity index (χ1) is 7.88. The number of hydrogen-bond donors (Lipinski definition) is 1. The van der Waals surface area contributed by atoms with Crippen molar-refractivity contribution in [3.63, 3.8) is 0 Å². The minimum atomic E-state index is -4.79. The van der Waals surface area contributed by atoms with Gasteiger partial charge in [0.1, 0.15) is 0 Å². The third-order valence-electron chi connectivity index (χ3n) is 1.68. The van der Waals surface area contributed by atoms with Crippen molar-refractivity contribution in [3.05, 3.63) is 24.3 Å². The zero-order valence-electron chi connectivity index (χ0n) is 8.66. The molecule has 1 rings (SSSR count). The molecule has 0 bridgehead atoms. The zero-order valence-corrected chi connectivity index (χ0v) is 8.66. The van der Waals surface area contributed by atoms with Gasteiger partial charge in [-0.2, -0.15) is 0 Å². The van der Waals surface area contributed by atoms with Crippen molar-refractivity contribution in [2.45, 2.75) is 12.8 Å². The molecule has 0 aromatic heterocycles. The van der Waals surface area contributed by atoms with Crippen LogP contribution < -0.4 is 15.2 Å². The fourth-order valence-electron chi connectivity index (χ4n) is 1.04. The van der Waals surface area contributed by atoms with Gasteiger partial charge in [-0.15, -0.1) is 13.2 Å². The van der Waals surface area contributed by atoms with Crippen molar-refractivity contribution in [1.82, 2.24) is 0 Å². The summed E-state index contributed by atoms with van der Waals surface area (Å²) in [5.74, 6) is -1.14. The lowest BCUT2D eigenvalue weighted by Gasteiger charge is -2.13. The normalized spacial score (nSPS) is 11.0. The molecule has 1 amide bonds. The summed E-state index contributed by atoms with van der Waals surface area (Å²) in [5.41, 5.74) is 4.87. The first-order valence-electron chi connectivity index (χ1n) is 4.64. The largest absolute Gasteiger partial charge is 0.573 e. The smallest absolute Gasteiger partial charge is 0.489 e. The predicted octanol–water partition coefficient (Wildman–Crippen LogP) is 1.84. The SMILES string of the molecule is NC(=O)CCOc1ccccc1OC(F)(F)F. The molecule has 17 heavy (non-hydrogen) atoms. The predicted molar refractivity (Wildman–Crippen MR) is 52.4 cm³/mol. The maximum Gasteiger partial charge on any atom is 0.573 e. The quantitative estimate of drug-likeness (QED) is 0.866. The molecule has 0 aliphatic heterocycles. The Bertz CT molecular complexity index is 393. The number of nitrogens with two attached hydrogens (primary N) is 1. The van der Waals surface area contributed by atoms with E-state index < -0.39 is 18.0 Å². The van der Waals surface area contributed by atoms with Gasteiger partial charge in [-0.3, -0.25) is 4.79 Å². The van der Waals surface area contributed by atoms with Gasteiger partial charge >= 0.3 is 6.36 Å². The molecular weight excluding hydrogens is 239 g/mol. The molecule has 94 valence electrons. The Balaban J connectivity index is 2.67. The Kier molecular flexibility index (Phi) is 4.19. The van der Waals surface area contributed by atoms with Gasteiger partial charge in [0, 0.05) is 0 Å². The number of ether oxygens (including phenoxy) is 2. The van der Waals surface area contributed by atoms with Crippen LogP contribution in [0.2, 0.25) is 0 Å². The summed E-state index contributed by atoms with van der Waals surface area (Å²) >= 11 is 0. The van der Waals surface area contributed by atoms with Crippen LogP contribution in [0.25, 0.3) is 0 Å². The summed E-state index contributed by atoms with van der Waals surface area (Å²) in [6.45, 7) is -0.104. The van der Waals surface area contributed by atoms with E-state index in [-0.39, 0.29) is 18.8 Å². The molecule has 0 unspecified atom stereocenters. The molecule has 7 heteroatoms. The monoisotopic (exact) mass is 249 g/mol. The van der Waals surface area contributed by atoms with Gasteiger partial charge in [-0.25, -0.2) is 0 Å². The molecule has 2 N–H and O–H groups in total. The fourth-order valence-corrected chi connectivity index (χ4v) is 1.04. The first-order valence-corrected chi connectivity index (χ1v) is 4.64. The Hall–Kier alpha value is -1.92. The topological polar surface area (TPSA) is 61.6 Å². The van der Waals surface area contributed by atoms with Crippen LogP contribution in [-0.2, 0) is 4.79 Å². The van der Waals surface area contributed by atoms with Crippen molar-refractivity contribution in [2.24, 2.45) is 5.73 Å². The van der Waals surface area contributed by atoms with E-state index in [1.807, 2.05) is 0 Å². The van der Waals surface area contributed by atoms with Gasteiger partial charge < -0.3 is 15.2 Å². The van der Waals surface area contributed by atoms with Gasteiger partial charge in [0.2, 0.25) is 5.91 Å². The molecule has 1 aromatic rings. The molecular formula is C10H10F3NO3. The van der Waals surface area contributed by atoms with E-state index in [1.165, 1.54) is 18.2 Å². The zero-order chi connectivity index (χ0) is 12.9. The number of benzene rings is 1. The van der Waals surface area contributed by atoms with Crippen LogP contribution in [0.3, 0.4) is 0 Å². The maximum absolute atomic E-state index is 12.0. The standard InChI is InChI=1S/C10H10F3NO3/c11-10(12,13)17-8-4-2-1-3-7(8)16-6-5-9(14)15/h1-4H,5-6H2,(H2,14,15). The van der Waals surface area contributed by atoms with E-state index in [0.29, 0.717) is 0 Å². The second kappa shape index (κ2) is 5.42. The van der Waals surface area contributed by atoms with Crippen molar-refractivity contribution < 1.29 is 27.4 Å². The van der Waals surface area contributed by atoms with Crippen LogP contribution in [0.5, 0.6) is 11.5 Å². The third kappa shape index (κ3) is 5.10. The molecule has 0 radical (unpaired) electrons. The van der Waals surface area contributed by atoms with Crippen molar-refractivity contribution >= 4 is 5.91 Å². The minimum Gasteiger partial charge on any atom is -0.489 e. The Morgan fingerprint density at radius 3 is 2.35 bits per heavy atom. The van der Waals surface area contributed by atoms with Crippen LogP contribution in [0.1, 0.15) is 6.42 Å². The van der Waals surface area contributed by atoms with E-state index in [2.05, 4.69) is 4.74 Å². The van der Waals surface area contributed by atoms with E-state index in [0.717, 1.165) is 6.07 Å². The van der Waals surface area contributed by atoms with Crippen LogP contribution >= 0.6 is 0 Å². The maximum atomic E-state index is 12.0. The first kappa shape index (κ1) is 13.1. The minimum absolute atomic E-state index is 0.0830. The van der Waals surface area contributed by atoms with Crippen LogP contribution in [0, 0.1) is 0 Å². The molecule has 4 nitrogen and oxygen atoms in total. The number of halogens is 3. The number of alkyl halides is 3. The van der Waals surface area contributed by atoms with Crippen LogP contribution in [-0.4, -0.2) is 18.9 Å². The van der Waals surface area contributed by atoms with E-state index in [1.54, 1.807) is 0 Å². The highest BCUT2D eigenvalue weighted by molar-refractivity contribution is 5.73. The van der Waals surface area contributed by atoms with E-state index >= 15 is 0 Å². The number of primary amides is 1. The molecule has 0 aliphatic rings. The van der Waals surface area contributed by atoms with Crippen LogP contribution in [0.15, 0.2) is 24.3 Å². The molecule has 0 spiro atoms. The molecule has 0 saturated heterocycles. The van der Waals surface area contributed by atoms with Crippen molar-refractivity contribution in [3.8, 4) is 11.5 Å². The summed E-state index contributed by atoms with van der Waals surface area (Å²) < 4.78 is 44.8. The number of carbonyl (C=O) groups excluding carboxylic acids is 1. The van der Waals surface area contributed by atoms with E-state index in [4.69, 9.17) is 10.5 Å². The molecule has 0 heterocycles. The number of carbonyl (C=O) groups is 1. The number of amides is 1. The molecule has 0 saturated carbocycles. The number of hydrogen-bond acceptors (Lipinski definition) is 3. The highest BCUT2D eigenvalue weighted by Crippen LogP contribution is 2.31. The molecule has 0 aliphatic carbocycles. The summed E-state index contributed by atoms with van der Waals surface area (Å²) in [7, 11) is 0. The second-order valence-electron chi connectivity index (χ2n) is 3.06. The van der Waals surface area contributed by atoms with Gasteiger partial charge in [-0.1, -0.05) is 12.1 Å². The highest BCUT2D eigenvalue weighted by Gasteiger charge is 2.32. The molecule has 0 atom stereocenters. The van der Waals surface area contributed by atoms with Crippen LogP contribution in [0.4, 0.5) is 13.2 Å². The molecule has 1 aromatic carbocycles. The number of para-hydroxylation sites is 2. The Labute approximate surface area is 95.1 Å². The lowest BCUT2D eigenvalue weighted by molar-refractivity contribution is -0.275. The summed E-state index contributed by atoms with van der Waals surface area (Å²) in [4.78, 5) is 10.4. The molecule has 0 fully saturated rings. The summed E-state index contributed by atoms with van der Waals surface area (Å²) in [6, 6.07) is 5.29. The third-order valence-corrected chi connectivity index (χ3v) is 1.68. The van der Waals surface area contributed by atoms with Crippen molar-refractivity contribution in [1.29, 1.82) is 0 Å². The summed E-state index contributed by atoms with van der Waals surface area (Å²) in [6.07, 6.45) is -4.87.